The lowest BCUT2D eigenvalue weighted by Gasteiger charge is -2.37. The normalized spacial score (nSPS) is 16.5. The van der Waals surface area contributed by atoms with Crippen molar-refractivity contribution in [2.75, 3.05) is 31.0 Å². The van der Waals surface area contributed by atoms with Crippen molar-refractivity contribution < 1.29 is 37.2 Å². The second-order valence-electron chi connectivity index (χ2n) is 12.1. The van der Waals surface area contributed by atoms with Crippen LogP contribution >= 0.6 is 11.6 Å². The van der Waals surface area contributed by atoms with Gasteiger partial charge in [-0.3, -0.25) is 24.0 Å². The Morgan fingerprint density at radius 1 is 0.918 bits per heavy atom. The molecule has 0 aromatic heterocycles. The molecule has 4 unspecified atom stereocenters. The van der Waals surface area contributed by atoms with E-state index < -0.39 is 75.5 Å². The number of fused-ring (bicyclic) bond motifs is 1. The van der Waals surface area contributed by atoms with Gasteiger partial charge in [0.25, 0.3) is 0 Å². The summed E-state index contributed by atoms with van der Waals surface area (Å²) in [6.45, 7) is 0.308. The van der Waals surface area contributed by atoms with Crippen molar-refractivity contribution in [1.29, 1.82) is 0 Å². The van der Waals surface area contributed by atoms with Crippen LogP contribution in [-0.2, 0) is 40.2 Å². The van der Waals surface area contributed by atoms with Crippen LogP contribution in [0, 0.1) is 0 Å². The van der Waals surface area contributed by atoms with Crippen LogP contribution < -0.4 is 32.7 Å². The molecule has 8 N–H and O–H groups in total. The van der Waals surface area contributed by atoms with Crippen LogP contribution in [0.5, 0.6) is 0 Å². The minimum absolute atomic E-state index is 0.0283. The van der Waals surface area contributed by atoms with Gasteiger partial charge in [-0.25, -0.2) is 13.2 Å². The molecule has 0 radical (unpaired) electrons. The summed E-state index contributed by atoms with van der Waals surface area (Å²) in [5.41, 5.74) is 11.4. The Bertz CT molecular complexity index is 1640. The van der Waals surface area contributed by atoms with E-state index in [-0.39, 0.29) is 50.9 Å². The van der Waals surface area contributed by atoms with E-state index in [4.69, 9.17) is 23.1 Å². The number of halogens is 1. The first-order chi connectivity index (χ1) is 23.2. The number of carbonyl (C=O) groups excluding carboxylic acids is 6. The van der Waals surface area contributed by atoms with Crippen LogP contribution in [-0.4, -0.2) is 104 Å². The van der Waals surface area contributed by atoms with Crippen molar-refractivity contribution in [3.05, 3.63) is 48.0 Å². The molecule has 15 nitrogen and oxygen atoms in total. The third kappa shape index (κ3) is 12.5. The van der Waals surface area contributed by atoms with Crippen molar-refractivity contribution in [2.45, 2.75) is 69.1 Å². The van der Waals surface area contributed by atoms with Crippen LogP contribution in [0.1, 0.15) is 44.1 Å². The third-order valence-corrected chi connectivity index (χ3v) is 9.36. The average Bonchev–Trinajstić information content (AvgIpc) is 3.06. The van der Waals surface area contributed by atoms with E-state index in [2.05, 4.69) is 21.3 Å². The minimum Gasteiger partial charge on any atom is -0.368 e. The second kappa shape index (κ2) is 18.4. The smallest absolute Gasteiger partial charge is 0.312 e. The number of benzene rings is 2. The summed E-state index contributed by atoms with van der Waals surface area (Å²) in [4.78, 5) is 78.0. The molecule has 1 heterocycles. The lowest BCUT2D eigenvalue weighted by molar-refractivity contribution is -0.145. The molecule has 4 atom stereocenters. The summed E-state index contributed by atoms with van der Waals surface area (Å²) < 4.78 is 23.7. The maximum atomic E-state index is 13.9. The maximum absolute atomic E-state index is 13.9. The SMILES string of the molecule is CS(=O)(=O)CCC(NC(=O)CCl)C(=O)N1CCCCC1C(=O)NC(Cc1ccc2ccccc2c1)C(=O)NC(CCCNC(N)=O)C(N)=O. The fourth-order valence-electron chi connectivity index (χ4n) is 5.64. The molecule has 49 heavy (non-hydrogen) atoms. The van der Waals surface area contributed by atoms with E-state index in [1.165, 1.54) is 4.90 Å². The predicted molar refractivity (Wildman–Crippen MR) is 184 cm³/mol. The van der Waals surface area contributed by atoms with Gasteiger partial charge in [-0.1, -0.05) is 42.5 Å². The van der Waals surface area contributed by atoms with Crippen LogP contribution in [0.3, 0.4) is 0 Å². The molecule has 2 aromatic rings. The molecule has 7 amide bonds. The van der Waals surface area contributed by atoms with E-state index in [0.717, 1.165) is 17.0 Å². The van der Waals surface area contributed by atoms with Crippen molar-refractivity contribution in [3.8, 4) is 0 Å². The monoisotopic (exact) mass is 721 g/mol. The predicted octanol–water partition coefficient (Wildman–Crippen LogP) is -0.175. The summed E-state index contributed by atoms with van der Waals surface area (Å²) in [5.74, 6) is -4.30. The standard InChI is InChI=1S/C32H44ClN7O8S/c1-49(47,48)16-13-24(37-27(41)19-33)31(45)40-15-5-4-10-26(40)30(44)39-25(18-20-11-12-21-7-2-3-8-22(21)17-20)29(43)38-23(28(34)42)9-6-14-36-32(35)46/h2-3,7-8,11-12,17,23-26H,4-6,9-10,13-16,18-19H2,1H3,(H2,34,42)(H,37,41)(H,38,43)(H,39,44)(H3,35,36,46). The van der Waals surface area contributed by atoms with Crippen LogP contribution in [0.25, 0.3) is 10.8 Å². The Morgan fingerprint density at radius 2 is 1.63 bits per heavy atom. The highest BCUT2D eigenvalue weighted by Gasteiger charge is 2.38. The summed E-state index contributed by atoms with van der Waals surface area (Å²) >= 11 is 5.64. The van der Waals surface area contributed by atoms with Gasteiger partial charge in [0.05, 0.1) is 5.75 Å². The molecule has 2 aromatic carbocycles. The van der Waals surface area contributed by atoms with Crippen LogP contribution in [0.4, 0.5) is 4.79 Å². The number of piperidine rings is 1. The topological polar surface area (TPSA) is 240 Å². The van der Waals surface area contributed by atoms with Gasteiger partial charge in [-0.2, -0.15) is 0 Å². The van der Waals surface area contributed by atoms with E-state index in [0.29, 0.717) is 18.4 Å². The fraction of sp³-hybridized carbons (Fsp3) is 0.500. The maximum Gasteiger partial charge on any atom is 0.312 e. The third-order valence-electron chi connectivity index (χ3n) is 8.14. The van der Waals surface area contributed by atoms with Crippen molar-refractivity contribution in [3.63, 3.8) is 0 Å². The minimum atomic E-state index is -3.49. The van der Waals surface area contributed by atoms with Gasteiger partial charge >= 0.3 is 6.03 Å². The molecule has 17 heteroatoms. The number of sulfone groups is 1. The number of primary amides is 2. The van der Waals surface area contributed by atoms with E-state index in [1.54, 1.807) is 0 Å². The lowest BCUT2D eigenvalue weighted by Crippen LogP contribution is -2.60. The number of nitrogens with one attached hydrogen (secondary N) is 4. The van der Waals surface area contributed by atoms with Gasteiger partial charge < -0.3 is 37.6 Å². The highest BCUT2D eigenvalue weighted by molar-refractivity contribution is 7.90. The molecule has 268 valence electrons. The number of rotatable bonds is 17. The number of carbonyl (C=O) groups is 6. The molecule has 0 saturated carbocycles. The summed E-state index contributed by atoms with van der Waals surface area (Å²) in [5, 5.41) is 12.1. The first-order valence-corrected chi connectivity index (χ1v) is 18.5. The van der Waals surface area contributed by atoms with Crippen molar-refractivity contribution in [2.24, 2.45) is 11.5 Å². The van der Waals surface area contributed by atoms with Crippen molar-refractivity contribution >= 4 is 67.8 Å². The first kappa shape index (κ1) is 39.0. The van der Waals surface area contributed by atoms with E-state index in [9.17, 15) is 37.2 Å². The number of likely N-dealkylation sites (tertiary alicyclic amines) is 1. The fourth-order valence-corrected chi connectivity index (χ4v) is 6.39. The Balaban J connectivity index is 1.86. The number of hydrogen-bond acceptors (Lipinski definition) is 8. The highest BCUT2D eigenvalue weighted by Crippen LogP contribution is 2.21. The molecule has 1 fully saturated rings. The number of hydrogen-bond donors (Lipinski definition) is 6. The van der Waals surface area contributed by atoms with Crippen LogP contribution in [0.2, 0.25) is 0 Å². The van der Waals surface area contributed by atoms with E-state index in [1.807, 2.05) is 42.5 Å². The Labute approximate surface area is 290 Å². The van der Waals surface area contributed by atoms with Gasteiger partial charge in [-0.05, 0) is 54.9 Å². The largest absolute Gasteiger partial charge is 0.368 e. The number of nitrogens with zero attached hydrogens (tertiary/aromatic N) is 1. The molecular formula is C32H44ClN7O8S. The lowest BCUT2D eigenvalue weighted by atomic mass is 9.97. The summed E-state index contributed by atoms with van der Waals surface area (Å²) in [7, 11) is -3.49. The molecule has 1 saturated heterocycles. The highest BCUT2D eigenvalue weighted by atomic mass is 35.5. The second-order valence-corrected chi connectivity index (χ2v) is 14.6. The Hall–Kier alpha value is -4.44. The van der Waals surface area contributed by atoms with Crippen LogP contribution in [0.15, 0.2) is 42.5 Å². The Kier molecular flexibility index (Phi) is 14.6. The number of urea groups is 1. The van der Waals surface area contributed by atoms with Gasteiger partial charge in [0, 0.05) is 25.8 Å². The zero-order chi connectivity index (χ0) is 36.1. The van der Waals surface area contributed by atoms with Gasteiger partial charge in [0.15, 0.2) is 0 Å². The summed E-state index contributed by atoms with van der Waals surface area (Å²) in [6, 6.07) is 7.85. The molecule has 0 aliphatic carbocycles. The zero-order valence-electron chi connectivity index (χ0n) is 27.3. The quantitative estimate of drug-likeness (QED) is 0.0944. The molecular weight excluding hydrogens is 678 g/mol. The number of alkyl halides is 1. The average molecular weight is 722 g/mol. The molecule has 1 aliphatic rings. The molecule has 0 bridgehead atoms. The van der Waals surface area contributed by atoms with Gasteiger partial charge in [-0.15, -0.1) is 11.6 Å². The van der Waals surface area contributed by atoms with E-state index >= 15 is 0 Å². The molecule has 3 rings (SSSR count). The van der Waals surface area contributed by atoms with Gasteiger partial charge in [0.1, 0.15) is 39.9 Å². The first-order valence-electron chi connectivity index (χ1n) is 15.9. The number of amides is 7. The van der Waals surface area contributed by atoms with Gasteiger partial charge in [0.2, 0.25) is 29.5 Å². The molecule has 1 aliphatic heterocycles. The summed E-state index contributed by atoms with van der Waals surface area (Å²) in [6.07, 6.45) is 2.59. The molecule has 0 spiro atoms. The Morgan fingerprint density at radius 3 is 2.29 bits per heavy atom. The van der Waals surface area contributed by atoms with Crippen molar-refractivity contribution in [1.82, 2.24) is 26.2 Å². The zero-order valence-corrected chi connectivity index (χ0v) is 28.9. The number of nitrogens with two attached hydrogens (primary N) is 2.